The van der Waals surface area contributed by atoms with E-state index in [4.69, 9.17) is 0 Å². The molecule has 1 saturated carbocycles. The highest BCUT2D eigenvalue weighted by Crippen LogP contribution is 2.32. The van der Waals surface area contributed by atoms with Crippen LogP contribution in [-0.2, 0) is 0 Å². The van der Waals surface area contributed by atoms with Gasteiger partial charge in [-0.1, -0.05) is 12.8 Å². The van der Waals surface area contributed by atoms with Crippen molar-refractivity contribution < 1.29 is 4.92 Å². The molecule has 0 aromatic carbocycles. The Morgan fingerprint density at radius 1 is 1.57 bits per heavy atom. The molecule has 0 aliphatic heterocycles. The summed E-state index contributed by atoms with van der Waals surface area (Å²) in [5, 5.41) is 10.6. The summed E-state index contributed by atoms with van der Waals surface area (Å²) < 4.78 is 1.95. The Balaban J connectivity index is 2.30. The van der Waals surface area contributed by atoms with Crippen LogP contribution in [0.1, 0.15) is 37.4 Å². The third-order valence-corrected chi connectivity index (χ3v) is 2.91. The van der Waals surface area contributed by atoms with Gasteiger partial charge in [-0.15, -0.1) is 0 Å². The Kier molecular flexibility index (Phi) is 2.23. The molecular weight excluding hydrogens is 182 g/mol. The highest BCUT2D eigenvalue weighted by Gasteiger charge is 2.24. The molecule has 0 spiro atoms. The van der Waals surface area contributed by atoms with Gasteiger partial charge in [-0.2, -0.15) is 0 Å². The minimum atomic E-state index is -0.416. The van der Waals surface area contributed by atoms with E-state index in [1.165, 1.54) is 12.8 Å². The van der Waals surface area contributed by atoms with Crippen LogP contribution >= 0.6 is 0 Å². The van der Waals surface area contributed by atoms with E-state index in [0.29, 0.717) is 11.7 Å². The third-order valence-electron chi connectivity index (χ3n) is 2.91. The average Bonchev–Trinajstić information content (AvgIpc) is 2.71. The molecule has 2 rings (SSSR count). The lowest BCUT2D eigenvalue weighted by Crippen LogP contribution is -2.05. The number of imidazole rings is 1. The molecule has 1 aliphatic rings. The van der Waals surface area contributed by atoms with Crippen molar-refractivity contribution in [2.75, 3.05) is 0 Å². The molecule has 76 valence electrons. The van der Waals surface area contributed by atoms with Gasteiger partial charge >= 0.3 is 5.82 Å². The van der Waals surface area contributed by atoms with Gasteiger partial charge < -0.3 is 14.7 Å². The monoisotopic (exact) mass is 195 g/mol. The molecular formula is C9H13N3O2. The molecule has 0 amide bonds. The fraction of sp³-hybridized carbons (Fsp3) is 0.667. The van der Waals surface area contributed by atoms with E-state index in [0.717, 1.165) is 12.8 Å². The van der Waals surface area contributed by atoms with Gasteiger partial charge in [0.2, 0.25) is 6.33 Å². The van der Waals surface area contributed by atoms with Crippen molar-refractivity contribution in [1.29, 1.82) is 0 Å². The first-order chi connectivity index (χ1) is 6.70. The Bertz CT molecular complexity index is 353. The second-order valence-corrected chi connectivity index (χ2v) is 3.76. The number of hydrogen-bond donors (Lipinski definition) is 0. The van der Waals surface area contributed by atoms with Gasteiger partial charge in [-0.3, -0.25) is 0 Å². The number of nitro groups is 1. The van der Waals surface area contributed by atoms with Gasteiger partial charge in [0.05, 0.1) is 0 Å². The van der Waals surface area contributed by atoms with Crippen molar-refractivity contribution >= 4 is 5.82 Å². The molecule has 0 atom stereocenters. The minimum Gasteiger partial charge on any atom is -0.358 e. The molecule has 14 heavy (non-hydrogen) atoms. The zero-order valence-electron chi connectivity index (χ0n) is 8.14. The van der Waals surface area contributed by atoms with Crippen LogP contribution in [0.25, 0.3) is 0 Å². The fourth-order valence-electron chi connectivity index (χ4n) is 2.14. The van der Waals surface area contributed by atoms with Gasteiger partial charge in [-0.05, 0) is 29.7 Å². The van der Waals surface area contributed by atoms with Crippen LogP contribution in [-0.4, -0.2) is 14.5 Å². The fourth-order valence-corrected chi connectivity index (χ4v) is 2.14. The summed E-state index contributed by atoms with van der Waals surface area (Å²) in [5.74, 6) is -0.00287. The van der Waals surface area contributed by atoms with E-state index in [2.05, 4.69) is 4.98 Å². The smallest absolute Gasteiger partial charge is 0.358 e. The third kappa shape index (κ3) is 1.38. The first kappa shape index (κ1) is 9.18. The van der Waals surface area contributed by atoms with E-state index in [9.17, 15) is 10.1 Å². The Labute approximate surface area is 81.9 Å². The molecule has 1 heterocycles. The Morgan fingerprint density at radius 3 is 2.71 bits per heavy atom. The van der Waals surface area contributed by atoms with Crippen LogP contribution < -0.4 is 0 Å². The van der Waals surface area contributed by atoms with Crippen molar-refractivity contribution in [2.24, 2.45) is 0 Å². The second kappa shape index (κ2) is 3.40. The predicted octanol–water partition coefficient (Wildman–Crippen LogP) is 2.21. The van der Waals surface area contributed by atoms with Gasteiger partial charge in [0.15, 0.2) is 0 Å². The van der Waals surface area contributed by atoms with Crippen molar-refractivity contribution in [3.05, 3.63) is 22.1 Å². The summed E-state index contributed by atoms with van der Waals surface area (Å²) in [4.78, 5) is 14.0. The van der Waals surface area contributed by atoms with E-state index in [1.807, 2.05) is 4.57 Å². The first-order valence-electron chi connectivity index (χ1n) is 4.88. The number of aromatic nitrogens is 2. The first-order valence-corrected chi connectivity index (χ1v) is 4.88. The summed E-state index contributed by atoms with van der Waals surface area (Å²) in [7, 11) is 0. The zero-order valence-corrected chi connectivity index (χ0v) is 8.14. The van der Waals surface area contributed by atoms with Crippen LogP contribution in [0.4, 0.5) is 5.82 Å². The molecule has 0 saturated heterocycles. The van der Waals surface area contributed by atoms with Crippen LogP contribution in [0, 0.1) is 17.0 Å². The minimum absolute atomic E-state index is 0.00287. The van der Waals surface area contributed by atoms with Crippen molar-refractivity contribution in [3.63, 3.8) is 0 Å². The molecule has 5 heteroatoms. The van der Waals surface area contributed by atoms with E-state index in [1.54, 1.807) is 13.3 Å². The van der Waals surface area contributed by atoms with E-state index in [-0.39, 0.29) is 5.82 Å². The summed E-state index contributed by atoms with van der Waals surface area (Å²) in [6.07, 6.45) is 6.28. The quantitative estimate of drug-likeness (QED) is 0.537. The lowest BCUT2D eigenvalue weighted by Gasteiger charge is -2.10. The average molecular weight is 195 g/mol. The summed E-state index contributed by atoms with van der Waals surface area (Å²) in [5.41, 5.74) is 0.682. The maximum Gasteiger partial charge on any atom is 0.384 e. The normalized spacial score (nSPS) is 17.5. The van der Waals surface area contributed by atoms with E-state index >= 15 is 0 Å². The standard InChI is InChI=1S/C9H13N3O2/c1-7-9(12(13)14)10-6-11(7)8-4-2-3-5-8/h6,8H,2-5H2,1H3. The molecule has 1 aliphatic carbocycles. The molecule has 1 aromatic rings. The van der Waals surface area contributed by atoms with Gasteiger partial charge in [0, 0.05) is 6.04 Å². The van der Waals surface area contributed by atoms with Crippen molar-refractivity contribution in [1.82, 2.24) is 9.55 Å². The van der Waals surface area contributed by atoms with Crippen LogP contribution in [0.5, 0.6) is 0 Å². The topological polar surface area (TPSA) is 61.0 Å². The Morgan fingerprint density at radius 2 is 2.21 bits per heavy atom. The van der Waals surface area contributed by atoms with Gasteiger partial charge in [0.1, 0.15) is 5.69 Å². The molecule has 1 aromatic heterocycles. The Hall–Kier alpha value is -1.39. The van der Waals surface area contributed by atoms with Gasteiger partial charge in [-0.25, -0.2) is 0 Å². The summed E-state index contributed by atoms with van der Waals surface area (Å²) >= 11 is 0. The lowest BCUT2D eigenvalue weighted by atomic mass is 10.2. The van der Waals surface area contributed by atoms with Crippen LogP contribution in [0.2, 0.25) is 0 Å². The SMILES string of the molecule is Cc1c([N+](=O)[O-])ncn1C1CCCC1. The zero-order chi connectivity index (χ0) is 10.1. The molecule has 0 unspecified atom stereocenters. The molecule has 0 radical (unpaired) electrons. The van der Waals surface area contributed by atoms with Gasteiger partial charge in [0.25, 0.3) is 0 Å². The summed E-state index contributed by atoms with van der Waals surface area (Å²) in [6, 6.07) is 0.427. The maximum atomic E-state index is 10.6. The number of rotatable bonds is 2. The van der Waals surface area contributed by atoms with Crippen LogP contribution in [0.15, 0.2) is 6.33 Å². The maximum absolute atomic E-state index is 10.6. The molecule has 0 bridgehead atoms. The molecule has 0 N–H and O–H groups in total. The van der Waals surface area contributed by atoms with Crippen LogP contribution in [0.3, 0.4) is 0 Å². The van der Waals surface area contributed by atoms with Crippen molar-refractivity contribution in [3.8, 4) is 0 Å². The molecule has 1 fully saturated rings. The number of nitrogens with zero attached hydrogens (tertiary/aromatic N) is 3. The predicted molar refractivity (Wildman–Crippen MR) is 51.1 cm³/mol. The highest BCUT2D eigenvalue weighted by atomic mass is 16.6. The second-order valence-electron chi connectivity index (χ2n) is 3.76. The summed E-state index contributed by atoms with van der Waals surface area (Å²) in [6.45, 7) is 1.77. The van der Waals surface area contributed by atoms with Crippen molar-refractivity contribution in [2.45, 2.75) is 38.6 Å². The molecule has 5 nitrogen and oxygen atoms in total. The number of hydrogen-bond acceptors (Lipinski definition) is 3. The van der Waals surface area contributed by atoms with E-state index < -0.39 is 4.92 Å². The lowest BCUT2D eigenvalue weighted by molar-refractivity contribution is -0.390. The largest absolute Gasteiger partial charge is 0.384 e. The highest BCUT2D eigenvalue weighted by molar-refractivity contribution is 5.26.